The van der Waals surface area contributed by atoms with Gasteiger partial charge in [0.1, 0.15) is 5.75 Å². The Balaban J connectivity index is 1.42. The number of ether oxygens (including phenoxy) is 1. The zero-order chi connectivity index (χ0) is 26.6. The predicted octanol–water partition coefficient (Wildman–Crippen LogP) is 4.93. The lowest BCUT2D eigenvalue weighted by molar-refractivity contribution is -0.117. The van der Waals surface area contributed by atoms with E-state index in [9.17, 15) is 22.8 Å². The quantitative estimate of drug-likeness (QED) is 0.267. The molecule has 0 aromatic heterocycles. The summed E-state index contributed by atoms with van der Waals surface area (Å²) < 4.78 is 32.8. The number of halogens is 1. The van der Waals surface area contributed by atoms with Gasteiger partial charge in [-0.25, -0.2) is 12.7 Å². The highest BCUT2D eigenvalue weighted by Gasteiger charge is 2.34. The van der Waals surface area contributed by atoms with Gasteiger partial charge in [-0.2, -0.15) is 0 Å². The van der Waals surface area contributed by atoms with E-state index < -0.39 is 15.9 Å². The lowest BCUT2D eigenvalue weighted by Crippen LogP contribution is -2.37. The molecule has 192 valence electrons. The highest BCUT2D eigenvalue weighted by atomic mass is 35.5. The Bertz CT molecular complexity index is 1390. The van der Waals surface area contributed by atoms with Gasteiger partial charge in [-0.3, -0.25) is 19.3 Å². The van der Waals surface area contributed by atoms with E-state index >= 15 is 0 Å². The lowest BCUT2D eigenvalue weighted by atomic mass is 10.1. The number of sulfonamides is 1. The molecular weight excluding hydrogens is 516 g/mol. The van der Waals surface area contributed by atoms with E-state index in [-0.39, 0.29) is 35.4 Å². The molecule has 0 N–H and O–H groups in total. The van der Waals surface area contributed by atoms with E-state index in [0.717, 1.165) is 4.31 Å². The van der Waals surface area contributed by atoms with Crippen LogP contribution in [0.25, 0.3) is 0 Å². The van der Waals surface area contributed by atoms with Crippen molar-refractivity contribution in [2.45, 2.75) is 30.6 Å². The summed E-state index contributed by atoms with van der Waals surface area (Å²) in [4.78, 5) is 39.4. The second-order valence-corrected chi connectivity index (χ2v) is 10.7. The summed E-state index contributed by atoms with van der Waals surface area (Å²) in [5.41, 5.74) is 0.974. The number of hydrogen-bond acceptors (Lipinski definition) is 6. The number of anilines is 1. The van der Waals surface area contributed by atoms with Gasteiger partial charge in [0.25, 0.3) is 21.8 Å². The van der Waals surface area contributed by atoms with Gasteiger partial charge in [-0.1, -0.05) is 30.2 Å². The summed E-state index contributed by atoms with van der Waals surface area (Å²) in [7, 11) is -2.71. The average molecular weight is 541 g/mol. The van der Waals surface area contributed by atoms with Crippen molar-refractivity contribution in [1.29, 1.82) is 0 Å². The Kier molecular flexibility index (Phi) is 7.94. The minimum absolute atomic E-state index is 0.0407. The van der Waals surface area contributed by atoms with Crippen molar-refractivity contribution >= 4 is 45.0 Å². The molecule has 3 aromatic rings. The van der Waals surface area contributed by atoms with E-state index in [0.29, 0.717) is 41.2 Å². The van der Waals surface area contributed by atoms with Crippen LogP contribution in [0.2, 0.25) is 5.02 Å². The Morgan fingerprint density at radius 1 is 0.865 bits per heavy atom. The van der Waals surface area contributed by atoms with Crippen molar-refractivity contribution in [3.05, 3.63) is 88.9 Å². The maximum atomic E-state index is 13.4. The largest absolute Gasteiger partial charge is 0.497 e. The molecule has 1 heterocycles. The first-order valence-corrected chi connectivity index (χ1v) is 13.5. The van der Waals surface area contributed by atoms with E-state index in [1.54, 1.807) is 36.4 Å². The molecule has 0 saturated carbocycles. The molecule has 0 saturated heterocycles. The number of fused-ring (bicyclic) bond motifs is 1. The van der Waals surface area contributed by atoms with Crippen LogP contribution >= 0.6 is 11.6 Å². The Hall–Kier alpha value is -3.69. The second-order valence-electron chi connectivity index (χ2n) is 8.43. The summed E-state index contributed by atoms with van der Waals surface area (Å²) >= 11 is 5.91. The smallest absolute Gasteiger partial charge is 0.270 e. The Labute approximate surface area is 220 Å². The first-order chi connectivity index (χ1) is 17.7. The van der Waals surface area contributed by atoms with E-state index in [1.165, 1.54) is 48.4 Å². The highest BCUT2D eigenvalue weighted by molar-refractivity contribution is 7.93. The fourth-order valence-electron chi connectivity index (χ4n) is 4.11. The predicted molar refractivity (Wildman–Crippen MR) is 139 cm³/mol. The summed E-state index contributed by atoms with van der Waals surface area (Å²) in [5.74, 6) is -0.720. The third-order valence-corrected chi connectivity index (χ3v) is 8.05. The molecule has 0 fully saturated rings. The van der Waals surface area contributed by atoms with Crippen molar-refractivity contribution in [2.75, 3.05) is 18.0 Å². The standard InChI is InChI=1S/C27H25ClN2O6S/c1-36-21-14-12-20(13-15-21)30(37(34,35)22-16-10-19(28)11-17-22)25(31)9-3-2-6-18-29-26(32)23-7-4-5-8-24(23)27(29)33/h4-5,7-8,10-17H,2-3,6,9,18H2,1H3. The topological polar surface area (TPSA) is 101 Å². The normalized spacial score (nSPS) is 13.0. The van der Waals surface area contributed by atoms with Crippen LogP contribution in [0.1, 0.15) is 46.4 Å². The van der Waals surface area contributed by atoms with Crippen molar-refractivity contribution in [3.63, 3.8) is 0 Å². The van der Waals surface area contributed by atoms with E-state index in [4.69, 9.17) is 16.3 Å². The molecule has 3 aromatic carbocycles. The Morgan fingerprint density at radius 2 is 1.46 bits per heavy atom. The number of methoxy groups -OCH3 is 1. The maximum absolute atomic E-state index is 13.4. The van der Waals surface area contributed by atoms with Crippen molar-refractivity contribution in [1.82, 2.24) is 4.90 Å². The molecule has 0 bridgehead atoms. The lowest BCUT2D eigenvalue weighted by Gasteiger charge is -2.23. The number of carbonyl (C=O) groups is 3. The third kappa shape index (κ3) is 5.52. The minimum atomic E-state index is -4.20. The van der Waals surface area contributed by atoms with Crippen molar-refractivity contribution in [3.8, 4) is 5.75 Å². The fraction of sp³-hybridized carbons (Fsp3) is 0.222. The van der Waals surface area contributed by atoms with Gasteiger partial charge in [-0.15, -0.1) is 0 Å². The molecule has 0 aliphatic carbocycles. The molecule has 10 heteroatoms. The number of amides is 3. The molecule has 0 atom stereocenters. The molecule has 1 aliphatic heterocycles. The fourth-order valence-corrected chi connectivity index (χ4v) is 5.69. The molecule has 0 spiro atoms. The van der Waals surface area contributed by atoms with Gasteiger partial charge < -0.3 is 4.74 Å². The van der Waals surface area contributed by atoms with Crippen molar-refractivity contribution < 1.29 is 27.5 Å². The molecule has 4 rings (SSSR count). The zero-order valence-electron chi connectivity index (χ0n) is 20.1. The summed E-state index contributed by atoms with van der Waals surface area (Å²) in [6.45, 7) is 0.228. The minimum Gasteiger partial charge on any atom is -0.497 e. The van der Waals surface area contributed by atoms with Gasteiger partial charge in [0.05, 0.1) is 28.8 Å². The second kappa shape index (κ2) is 11.1. The van der Waals surface area contributed by atoms with Gasteiger partial charge in [0, 0.05) is 18.0 Å². The van der Waals surface area contributed by atoms with Crippen LogP contribution in [0, 0.1) is 0 Å². The number of imide groups is 1. The van der Waals surface area contributed by atoms with Crippen molar-refractivity contribution in [2.24, 2.45) is 0 Å². The number of hydrogen-bond donors (Lipinski definition) is 0. The first kappa shape index (κ1) is 26.4. The van der Waals surface area contributed by atoms with Crippen LogP contribution in [-0.4, -0.2) is 44.7 Å². The number of benzene rings is 3. The highest BCUT2D eigenvalue weighted by Crippen LogP contribution is 2.28. The first-order valence-electron chi connectivity index (χ1n) is 11.7. The van der Waals surface area contributed by atoms with E-state index in [2.05, 4.69) is 0 Å². The molecular formula is C27H25ClN2O6S. The summed E-state index contributed by atoms with van der Waals surface area (Å²) in [6, 6.07) is 18.5. The number of rotatable bonds is 10. The maximum Gasteiger partial charge on any atom is 0.270 e. The van der Waals surface area contributed by atoms with Crippen LogP contribution in [0.5, 0.6) is 5.75 Å². The van der Waals surface area contributed by atoms with Gasteiger partial charge in [0.2, 0.25) is 5.91 Å². The molecule has 0 unspecified atom stereocenters. The molecule has 37 heavy (non-hydrogen) atoms. The Morgan fingerprint density at radius 3 is 2.03 bits per heavy atom. The monoisotopic (exact) mass is 540 g/mol. The van der Waals surface area contributed by atoms with Gasteiger partial charge in [-0.05, 0) is 73.5 Å². The van der Waals surface area contributed by atoms with Crippen LogP contribution in [-0.2, 0) is 14.8 Å². The molecule has 3 amide bonds. The molecule has 0 radical (unpaired) electrons. The summed E-state index contributed by atoms with van der Waals surface area (Å²) in [5, 5.41) is 0.374. The zero-order valence-corrected chi connectivity index (χ0v) is 21.7. The summed E-state index contributed by atoms with van der Waals surface area (Å²) in [6.07, 6.45) is 1.35. The number of nitrogens with zero attached hydrogens (tertiary/aromatic N) is 2. The molecule has 1 aliphatic rings. The van der Waals surface area contributed by atoms with E-state index in [1.807, 2.05) is 0 Å². The number of unbranched alkanes of at least 4 members (excludes halogenated alkanes) is 2. The van der Waals surface area contributed by atoms with Crippen LogP contribution in [0.4, 0.5) is 5.69 Å². The number of carbonyl (C=O) groups excluding carboxylic acids is 3. The average Bonchev–Trinajstić information content (AvgIpc) is 3.14. The molecule has 8 nitrogen and oxygen atoms in total. The third-order valence-electron chi connectivity index (χ3n) is 6.04. The van der Waals surface area contributed by atoms with Crippen LogP contribution in [0.15, 0.2) is 77.7 Å². The van der Waals surface area contributed by atoms with Crippen LogP contribution < -0.4 is 9.04 Å². The van der Waals surface area contributed by atoms with Gasteiger partial charge in [0.15, 0.2) is 0 Å². The SMILES string of the molecule is COc1ccc(N(C(=O)CCCCCN2C(=O)c3ccccc3C2=O)S(=O)(=O)c2ccc(Cl)cc2)cc1. The van der Waals surface area contributed by atoms with Gasteiger partial charge >= 0.3 is 0 Å². The van der Waals surface area contributed by atoms with Crippen LogP contribution in [0.3, 0.4) is 0 Å².